The third kappa shape index (κ3) is 3.47. The molecule has 1 amide bonds. The predicted octanol–water partition coefficient (Wildman–Crippen LogP) is 1.91. The SMILES string of the molecule is COc1cc(N)cc(C(=O)NCc2cccc(C)n2)c1. The summed E-state index contributed by atoms with van der Waals surface area (Å²) in [6.45, 7) is 2.28. The van der Waals surface area contributed by atoms with E-state index in [1.54, 1.807) is 18.2 Å². The van der Waals surface area contributed by atoms with Gasteiger partial charge < -0.3 is 15.8 Å². The van der Waals surface area contributed by atoms with Crippen LogP contribution in [0.1, 0.15) is 21.7 Å². The minimum atomic E-state index is -0.209. The minimum Gasteiger partial charge on any atom is -0.497 e. The molecular weight excluding hydrogens is 254 g/mol. The minimum absolute atomic E-state index is 0.209. The maximum Gasteiger partial charge on any atom is 0.251 e. The molecule has 20 heavy (non-hydrogen) atoms. The van der Waals surface area contributed by atoms with Crippen LogP contribution in [0.3, 0.4) is 0 Å². The lowest BCUT2D eigenvalue weighted by atomic mass is 10.1. The summed E-state index contributed by atoms with van der Waals surface area (Å²) in [5.74, 6) is 0.350. The molecule has 3 N–H and O–H groups in total. The number of anilines is 1. The molecule has 5 heteroatoms. The zero-order valence-electron chi connectivity index (χ0n) is 11.5. The lowest BCUT2D eigenvalue weighted by Crippen LogP contribution is -2.23. The van der Waals surface area contributed by atoms with Crippen molar-refractivity contribution in [2.24, 2.45) is 0 Å². The Morgan fingerprint density at radius 2 is 2.15 bits per heavy atom. The van der Waals surface area contributed by atoms with Gasteiger partial charge in [0.05, 0.1) is 19.3 Å². The molecule has 0 bridgehead atoms. The van der Waals surface area contributed by atoms with Crippen LogP contribution in [0.15, 0.2) is 36.4 Å². The summed E-state index contributed by atoms with van der Waals surface area (Å²) in [5, 5.41) is 2.81. The number of aryl methyl sites for hydroxylation is 1. The number of aromatic nitrogens is 1. The molecule has 0 saturated carbocycles. The van der Waals surface area contributed by atoms with Crippen molar-refractivity contribution in [1.82, 2.24) is 10.3 Å². The highest BCUT2D eigenvalue weighted by atomic mass is 16.5. The normalized spacial score (nSPS) is 10.1. The molecule has 0 unspecified atom stereocenters. The van der Waals surface area contributed by atoms with Crippen LogP contribution in [0.2, 0.25) is 0 Å². The molecule has 0 saturated heterocycles. The van der Waals surface area contributed by atoms with E-state index in [0.717, 1.165) is 11.4 Å². The monoisotopic (exact) mass is 271 g/mol. The zero-order valence-corrected chi connectivity index (χ0v) is 11.5. The Bertz CT molecular complexity index is 626. The van der Waals surface area contributed by atoms with Crippen LogP contribution >= 0.6 is 0 Å². The van der Waals surface area contributed by atoms with Crippen LogP contribution in [0.25, 0.3) is 0 Å². The Hall–Kier alpha value is -2.56. The number of nitrogens with zero attached hydrogens (tertiary/aromatic N) is 1. The van der Waals surface area contributed by atoms with Gasteiger partial charge in [0.25, 0.3) is 5.91 Å². The highest BCUT2D eigenvalue weighted by Gasteiger charge is 2.08. The highest BCUT2D eigenvalue weighted by molar-refractivity contribution is 5.95. The molecule has 1 aromatic carbocycles. The second-order valence-corrected chi connectivity index (χ2v) is 4.45. The van der Waals surface area contributed by atoms with Crippen molar-refractivity contribution in [1.29, 1.82) is 0 Å². The molecule has 5 nitrogen and oxygen atoms in total. The zero-order chi connectivity index (χ0) is 14.5. The summed E-state index contributed by atoms with van der Waals surface area (Å²) in [4.78, 5) is 16.4. The summed E-state index contributed by atoms with van der Waals surface area (Å²) >= 11 is 0. The van der Waals surface area contributed by atoms with Gasteiger partial charge in [-0.1, -0.05) is 6.07 Å². The molecule has 2 rings (SSSR count). The van der Waals surface area contributed by atoms with E-state index >= 15 is 0 Å². The fourth-order valence-corrected chi connectivity index (χ4v) is 1.84. The number of hydrogen-bond acceptors (Lipinski definition) is 4. The van der Waals surface area contributed by atoms with Gasteiger partial charge in [0, 0.05) is 23.0 Å². The number of nitrogens with one attached hydrogen (secondary N) is 1. The molecule has 0 aliphatic carbocycles. The van der Waals surface area contributed by atoms with Gasteiger partial charge in [0.1, 0.15) is 5.75 Å². The average molecular weight is 271 g/mol. The smallest absolute Gasteiger partial charge is 0.251 e. The van der Waals surface area contributed by atoms with Gasteiger partial charge in [-0.3, -0.25) is 9.78 Å². The van der Waals surface area contributed by atoms with Crippen LogP contribution in [-0.2, 0) is 6.54 Å². The third-order valence-electron chi connectivity index (χ3n) is 2.80. The van der Waals surface area contributed by atoms with Crippen LogP contribution < -0.4 is 15.8 Å². The first-order chi connectivity index (χ1) is 9.58. The van der Waals surface area contributed by atoms with Crippen molar-refractivity contribution < 1.29 is 9.53 Å². The lowest BCUT2D eigenvalue weighted by Gasteiger charge is -2.08. The Labute approximate surface area is 117 Å². The fourth-order valence-electron chi connectivity index (χ4n) is 1.84. The van der Waals surface area contributed by atoms with Crippen LogP contribution in [0.5, 0.6) is 5.75 Å². The van der Waals surface area contributed by atoms with Gasteiger partial charge in [0.2, 0.25) is 0 Å². The van der Waals surface area contributed by atoms with E-state index < -0.39 is 0 Å². The number of amides is 1. The number of benzene rings is 1. The maximum atomic E-state index is 12.1. The second kappa shape index (κ2) is 6.06. The van der Waals surface area contributed by atoms with E-state index in [-0.39, 0.29) is 5.91 Å². The van der Waals surface area contributed by atoms with E-state index in [9.17, 15) is 4.79 Å². The van der Waals surface area contributed by atoms with Crippen LogP contribution in [0.4, 0.5) is 5.69 Å². The maximum absolute atomic E-state index is 12.1. The predicted molar refractivity (Wildman–Crippen MR) is 77.6 cm³/mol. The van der Waals surface area contributed by atoms with Crippen molar-refractivity contribution in [3.8, 4) is 5.75 Å². The number of pyridine rings is 1. The molecule has 1 heterocycles. The number of carbonyl (C=O) groups is 1. The van der Waals surface area contributed by atoms with Crippen molar-refractivity contribution in [2.45, 2.75) is 13.5 Å². The fraction of sp³-hybridized carbons (Fsp3) is 0.200. The Morgan fingerprint density at radius 1 is 1.35 bits per heavy atom. The average Bonchev–Trinajstić information content (AvgIpc) is 2.44. The molecule has 2 aromatic rings. The molecule has 0 fully saturated rings. The van der Waals surface area contributed by atoms with E-state index in [1.807, 2.05) is 25.1 Å². The number of nitrogens with two attached hydrogens (primary N) is 1. The molecule has 0 radical (unpaired) electrons. The number of carbonyl (C=O) groups excluding carboxylic acids is 1. The van der Waals surface area contributed by atoms with Gasteiger partial charge in [0.15, 0.2) is 0 Å². The Balaban J connectivity index is 2.07. The Kier molecular flexibility index (Phi) is 4.20. The van der Waals surface area contributed by atoms with Crippen LogP contribution in [-0.4, -0.2) is 18.0 Å². The summed E-state index contributed by atoms with van der Waals surface area (Å²) in [6, 6.07) is 10.6. The number of nitrogen functional groups attached to an aromatic ring is 1. The van der Waals surface area contributed by atoms with Crippen molar-refractivity contribution in [3.63, 3.8) is 0 Å². The van der Waals surface area contributed by atoms with E-state index in [2.05, 4.69) is 10.3 Å². The van der Waals surface area contributed by atoms with Gasteiger partial charge in [-0.05, 0) is 31.2 Å². The van der Waals surface area contributed by atoms with Gasteiger partial charge in [-0.2, -0.15) is 0 Å². The molecular formula is C15H17N3O2. The summed E-state index contributed by atoms with van der Waals surface area (Å²) < 4.78 is 5.09. The second-order valence-electron chi connectivity index (χ2n) is 4.45. The lowest BCUT2D eigenvalue weighted by molar-refractivity contribution is 0.0950. The summed E-state index contributed by atoms with van der Waals surface area (Å²) in [5.41, 5.74) is 8.42. The van der Waals surface area contributed by atoms with Crippen molar-refractivity contribution in [2.75, 3.05) is 12.8 Å². The molecule has 0 aliphatic heterocycles. The Morgan fingerprint density at radius 3 is 2.85 bits per heavy atom. The molecule has 1 aromatic heterocycles. The van der Waals surface area contributed by atoms with Crippen molar-refractivity contribution >= 4 is 11.6 Å². The standard InChI is InChI=1S/C15H17N3O2/c1-10-4-3-5-13(18-10)9-17-15(19)11-6-12(16)8-14(7-11)20-2/h3-8H,9,16H2,1-2H3,(H,17,19). The number of ether oxygens (including phenoxy) is 1. The number of hydrogen-bond donors (Lipinski definition) is 2. The first kappa shape index (κ1) is 13.9. The number of rotatable bonds is 4. The quantitative estimate of drug-likeness (QED) is 0.833. The van der Waals surface area contributed by atoms with E-state index in [0.29, 0.717) is 23.5 Å². The van der Waals surface area contributed by atoms with Crippen LogP contribution in [0, 0.1) is 6.92 Å². The first-order valence-electron chi connectivity index (χ1n) is 6.24. The molecule has 0 aliphatic rings. The van der Waals surface area contributed by atoms with Gasteiger partial charge in [-0.15, -0.1) is 0 Å². The third-order valence-corrected chi connectivity index (χ3v) is 2.80. The highest BCUT2D eigenvalue weighted by Crippen LogP contribution is 2.18. The number of methoxy groups -OCH3 is 1. The van der Waals surface area contributed by atoms with Gasteiger partial charge in [-0.25, -0.2) is 0 Å². The molecule has 104 valence electrons. The van der Waals surface area contributed by atoms with E-state index in [4.69, 9.17) is 10.5 Å². The van der Waals surface area contributed by atoms with Gasteiger partial charge >= 0.3 is 0 Å². The van der Waals surface area contributed by atoms with Crippen molar-refractivity contribution in [3.05, 3.63) is 53.3 Å². The van der Waals surface area contributed by atoms with E-state index in [1.165, 1.54) is 7.11 Å². The largest absolute Gasteiger partial charge is 0.497 e. The molecule has 0 spiro atoms. The summed E-state index contributed by atoms with van der Waals surface area (Å²) in [7, 11) is 1.53. The first-order valence-corrected chi connectivity index (χ1v) is 6.24. The summed E-state index contributed by atoms with van der Waals surface area (Å²) in [6.07, 6.45) is 0. The molecule has 0 atom stereocenters. The topological polar surface area (TPSA) is 77.2 Å².